The van der Waals surface area contributed by atoms with Crippen LogP contribution in [0.3, 0.4) is 0 Å². The number of nitrogens with one attached hydrogen (secondary N) is 1. The Labute approximate surface area is 102 Å². The van der Waals surface area contributed by atoms with Gasteiger partial charge in [0.2, 0.25) is 0 Å². The molecule has 1 fully saturated rings. The summed E-state index contributed by atoms with van der Waals surface area (Å²) >= 11 is 0. The van der Waals surface area contributed by atoms with Crippen LogP contribution in [0.4, 0.5) is 13.2 Å². The van der Waals surface area contributed by atoms with Gasteiger partial charge in [0, 0.05) is 11.1 Å². The fourth-order valence-corrected chi connectivity index (χ4v) is 2.48. The lowest BCUT2D eigenvalue weighted by Gasteiger charge is -2.29. The molecule has 1 atom stereocenters. The van der Waals surface area contributed by atoms with E-state index in [9.17, 15) is 23.4 Å². The summed E-state index contributed by atoms with van der Waals surface area (Å²) < 4.78 is 38.9. The van der Waals surface area contributed by atoms with Crippen molar-refractivity contribution in [2.75, 3.05) is 6.54 Å². The van der Waals surface area contributed by atoms with Crippen molar-refractivity contribution in [1.29, 1.82) is 0 Å². The minimum Gasteiger partial charge on any atom is -0.504 e. The van der Waals surface area contributed by atoms with Gasteiger partial charge in [0.15, 0.2) is 11.5 Å². The second-order valence-corrected chi connectivity index (χ2v) is 4.72. The van der Waals surface area contributed by atoms with E-state index < -0.39 is 28.8 Å². The summed E-state index contributed by atoms with van der Waals surface area (Å²) in [6, 6.07) is 1.66. The zero-order valence-electron chi connectivity index (χ0n) is 9.80. The molecule has 0 saturated carbocycles. The van der Waals surface area contributed by atoms with Crippen molar-refractivity contribution < 1.29 is 23.4 Å². The highest BCUT2D eigenvalue weighted by molar-refractivity contribution is 5.53. The third kappa shape index (κ3) is 2.01. The van der Waals surface area contributed by atoms with Crippen LogP contribution in [0.25, 0.3) is 0 Å². The van der Waals surface area contributed by atoms with E-state index in [1.165, 1.54) is 0 Å². The Morgan fingerprint density at radius 1 is 1.28 bits per heavy atom. The van der Waals surface area contributed by atoms with Gasteiger partial charge in [-0.15, -0.1) is 0 Å². The van der Waals surface area contributed by atoms with Crippen LogP contribution in [-0.2, 0) is 11.7 Å². The monoisotopic (exact) mass is 261 g/mol. The largest absolute Gasteiger partial charge is 0.504 e. The fourth-order valence-electron chi connectivity index (χ4n) is 2.48. The van der Waals surface area contributed by atoms with Gasteiger partial charge in [-0.3, -0.25) is 0 Å². The van der Waals surface area contributed by atoms with Crippen LogP contribution in [0.5, 0.6) is 11.5 Å². The maximum Gasteiger partial charge on any atom is 0.416 e. The third-order valence-corrected chi connectivity index (χ3v) is 3.38. The molecule has 1 aliphatic rings. The number of rotatable bonds is 1. The van der Waals surface area contributed by atoms with Gasteiger partial charge in [0.05, 0.1) is 5.56 Å². The first kappa shape index (κ1) is 13.0. The molecule has 2 rings (SSSR count). The van der Waals surface area contributed by atoms with E-state index in [2.05, 4.69) is 5.32 Å². The van der Waals surface area contributed by atoms with Gasteiger partial charge < -0.3 is 15.5 Å². The summed E-state index contributed by atoms with van der Waals surface area (Å²) in [5.74, 6) is -1.23. The van der Waals surface area contributed by atoms with Gasteiger partial charge in [-0.2, -0.15) is 13.2 Å². The average Bonchev–Trinajstić information content (AvgIpc) is 2.68. The zero-order valence-corrected chi connectivity index (χ0v) is 9.80. The van der Waals surface area contributed by atoms with Gasteiger partial charge in [0.1, 0.15) is 0 Å². The molecule has 0 aromatic heterocycles. The molecule has 6 heteroatoms. The van der Waals surface area contributed by atoms with E-state index >= 15 is 0 Å². The van der Waals surface area contributed by atoms with Crippen LogP contribution in [0.1, 0.15) is 30.9 Å². The van der Waals surface area contributed by atoms with Crippen LogP contribution < -0.4 is 5.32 Å². The van der Waals surface area contributed by atoms with Crippen molar-refractivity contribution in [3.63, 3.8) is 0 Å². The van der Waals surface area contributed by atoms with Crippen molar-refractivity contribution >= 4 is 0 Å². The molecule has 3 N–H and O–H groups in total. The van der Waals surface area contributed by atoms with Crippen LogP contribution in [-0.4, -0.2) is 16.8 Å². The van der Waals surface area contributed by atoms with Crippen molar-refractivity contribution in [3.05, 3.63) is 23.3 Å². The molecule has 18 heavy (non-hydrogen) atoms. The maximum absolute atomic E-state index is 13.0. The molecule has 1 unspecified atom stereocenters. The van der Waals surface area contributed by atoms with Crippen molar-refractivity contribution in [1.82, 2.24) is 5.32 Å². The topological polar surface area (TPSA) is 52.5 Å². The summed E-state index contributed by atoms with van der Waals surface area (Å²) in [4.78, 5) is 0. The summed E-state index contributed by atoms with van der Waals surface area (Å²) in [6.45, 7) is 2.19. The molecule has 1 aromatic rings. The lowest BCUT2D eigenvalue weighted by Crippen LogP contribution is -2.35. The lowest BCUT2D eigenvalue weighted by atomic mass is 9.85. The number of halogens is 3. The number of alkyl halides is 3. The molecule has 0 amide bonds. The molecule has 0 spiro atoms. The lowest BCUT2D eigenvalue weighted by molar-refractivity contribution is -0.139. The number of benzene rings is 1. The van der Waals surface area contributed by atoms with Crippen LogP contribution >= 0.6 is 0 Å². The molecule has 1 aliphatic heterocycles. The van der Waals surface area contributed by atoms with E-state index in [4.69, 9.17) is 0 Å². The van der Waals surface area contributed by atoms with Crippen LogP contribution in [0.2, 0.25) is 0 Å². The number of aromatic hydroxyl groups is 2. The molecular formula is C12H14F3NO2. The number of hydrogen-bond acceptors (Lipinski definition) is 3. The SMILES string of the molecule is CC1(c2c(C(F)(F)F)ccc(O)c2O)CCCN1. The quantitative estimate of drug-likeness (QED) is 0.681. The molecule has 100 valence electrons. The van der Waals surface area contributed by atoms with Gasteiger partial charge in [0.25, 0.3) is 0 Å². The third-order valence-electron chi connectivity index (χ3n) is 3.38. The Balaban J connectivity index is 2.66. The van der Waals surface area contributed by atoms with Gasteiger partial charge in [-0.05, 0) is 38.4 Å². The smallest absolute Gasteiger partial charge is 0.416 e. The molecule has 3 nitrogen and oxygen atoms in total. The van der Waals surface area contributed by atoms with E-state index in [1.54, 1.807) is 6.92 Å². The molecule has 1 aromatic carbocycles. The summed E-state index contributed by atoms with van der Waals surface area (Å²) in [7, 11) is 0. The molecule has 1 saturated heterocycles. The highest BCUT2D eigenvalue weighted by Crippen LogP contribution is 2.47. The molecular weight excluding hydrogens is 247 g/mol. The minimum atomic E-state index is -4.56. The van der Waals surface area contributed by atoms with Crippen molar-refractivity contribution in [3.8, 4) is 11.5 Å². The first-order valence-corrected chi connectivity index (χ1v) is 5.63. The number of phenols is 2. The van der Waals surface area contributed by atoms with Crippen LogP contribution in [0.15, 0.2) is 12.1 Å². The zero-order chi connectivity index (χ0) is 13.6. The molecule has 0 aliphatic carbocycles. The average molecular weight is 261 g/mol. The predicted octanol–water partition coefficient (Wildman–Crippen LogP) is 2.72. The fraction of sp³-hybridized carbons (Fsp3) is 0.500. The molecule has 0 radical (unpaired) electrons. The van der Waals surface area contributed by atoms with Gasteiger partial charge in [-0.1, -0.05) is 0 Å². The first-order valence-electron chi connectivity index (χ1n) is 5.63. The number of hydrogen-bond donors (Lipinski definition) is 3. The highest BCUT2D eigenvalue weighted by atomic mass is 19.4. The predicted molar refractivity (Wildman–Crippen MR) is 59.4 cm³/mol. The Kier molecular flexibility index (Phi) is 2.93. The van der Waals surface area contributed by atoms with E-state index in [0.717, 1.165) is 18.6 Å². The van der Waals surface area contributed by atoms with E-state index in [1.807, 2.05) is 0 Å². The highest BCUT2D eigenvalue weighted by Gasteiger charge is 2.43. The summed E-state index contributed by atoms with van der Waals surface area (Å²) in [5, 5.41) is 22.2. The van der Waals surface area contributed by atoms with Crippen molar-refractivity contribution in [2.45, 2.75) is 31.5 Å². The Morgan fingerprint density at radius 2 is 1.94 bits per heavy atom. The molecule has 1 heterocycles. The van der Waals surface area contributed by atoms with Gasteiger partial charge in [-0.25, -0.2) is 0 Å². The second kappa shape index (κ2) is 4.05. The minimum absolute atomic E-state index is 0.271. The Hall–Kier alpha value is -1.43. The Bertz CT molecular complexity index is 465. The van der Waals surface area contributed by atoms with E-state index in [0.29, 0.717) is 13.0 Å². The summed E-state index contributed by atoms with van der Waals surface area (Å²) in [5.41, 5.74) is -2.14. The normalized spacial score (nSPS) is 24.4. The maximum atomic E-state index is 13.0. The number of phenolic OH excluding ortho intramolecular Hbond substituents is 2. The van der Waals surface area contributed by atoms with Gasteiger partial charge >= 0.3 is 6.18 Å². The first-order chi connectivity index (χ1) is 8.26. The summed E-state index contributed by atoms with van der Waals surface area (Å²) in [6.07, 6.45) is -3.36. The van der Waals surface area contributed by atoms with E-state index in [-0.39, 0.29) is 5.56 Å². The Morgan fingerprint density at radius 3 is 2.44 bits per heavy atom. The van der Waals surface area contributed by atoms with Crippen LogP contribution in [0, 0.1) is 0 Å². The second-order valence-electron chi connectivity index (χ2n) is 4.72. The standard InChI is InChI=1S/C12H14F3NO2/c1-11(5-2-6-16-11)9-7(12(13,14)15)3-4-8(17)10(9)18/h3-4,16-18H,2,5-6H2,1H3. The van der Waals surface area contributed by atoms with Crippen molar-refractivity contribution in [2.24, 2.45) is 0 Å². The molecule has 0 bridgehead atoms.